The molecular formula is C22H23FN2O2S. The molecule has 1 aliphatic rings. The van der Waals surface area contributed by atoms with Gasteiger partial charge in [-0.25, -0.2) is 4.39 Å². The highest BCUT2D eigenvalue weighted by Crippen LogP contribution is 2.38. The molecule has 1 fully saturated rings. The van der Waals surface area contributed by atoms with Crippen molar-refractivity contribution in [2.45, 2.75) is 28.7 Å². The number of rotatable bonds is 6. The van der Waals surface area contributed by atoms with E-state index in [1.54, 1.807) is 20.1 Å². The standard InChI is InChI=1S/C22H23FN2O2S/c1-4-10-25-11-9-22(15-25,27-3)18-12-19(23)14-21(13-18)28-20-7-5-17(6-8-20)16(2)24-26/h1,5-8,12-14,26H,9-11,15H2,2-3H3. The molecule has 0 aromatic heterocycles. The van der Waals surface area contributed by atoms with E-state index in [4.69, 9.17) is 16.4 Å². The predicted molar refractivity (Wildman–Crippen MR) is 110 cm³/mol. The van der Waals surface area contributed by atoms with Crippen LogP contribution in [0.5, 0.6) is 0 Å². The van der Waals surface area contributed by atoms with E-state index in [1.165, 1.54) is 17.8 Å². The summed E-state index contributed by atoms with van der Waals surface area (Å²) in [6.07, 6.45) is 6.20. The highest BCUT2D eigenvalue weighted by atomic mass is 32.2. The lowest BCUT2D eigenvalue weighted by atomic mass is 9.92. The Hall–Kier alpha value is -2.33. The number of likely N-dealkylation sites (tertiary alicyclic amines) is 1. The van der Waals surface area contributed by atoms with Crippen molar-refractivity contribution in [3.63, 3.8) is 0 Å². The third-order valence-corrected chi connectivity index (χ3v) is 6.05. The first-order valence-electron chi connectivity index (χ1n) is 8.98. The number of nitrogens with zero attached hydrogens (tertiary/aromatic N) is 2. The normalized spacial score (nSPS) is 20.3. The number of hydrogen-bond donors (Lipinski definition) is 1. The second-order valence-corrected chi connectivity index (χ2v) is 8.00. The summed E-state index contributed by atoms with van der Waals surface area (Å²) >= 11 is 1.48. The molecule has 0 aliphatic carbocycles. The largest absolute Gasteiger partial charge is 0.411 e. The molecule has 2 aromatic rings. The van der Waals surface area contributed by atoms with Crippen LogP contribution in [0.2, 0.25) is 0 Å². The highest BCUT2D eigenvalue weighted by Gasteiger charge is 2.40. The topological polar surface area (TPSA) is 45.1 Å². The summed E-state index contributed by atoms with van der Waals surface area (Å²) in [6.45, 7) is 3.77. The summed E-state index contributed by atoms with van der Waals surface area (Å²) in [5, 5.41) is 12.1. The molecule has 0 bridgehead atoms. The quantitative estimate of drug-likeness (QED) is 0.340. The lowest BCUT2D eigenvalue weighted by molar-refractivity contribution is -0.00528. The fraction of sp³-hybridized carbons (Fsp3) is 0.318. The zero-order valence-corrected chi connectivity index (χ0v) is 16.8. The van der Waals surface area contributed by atoms with Gasteiger partial charge in [-0.2, -0.15) is 0 Å². The van der Waals surface area contributed by atoms with Crippen LogP contribution in [0.15, 0.2) is 57.4 Å². The first kappa shape index (κ1) is 20.4. The Balaban J connectivity index is 1.84. The van der Waals surface area contributed by atoms with Crippen LogP contribution in [0.4, 0.5) is 4.39 Å². The zero-order chi connectivity index (χ0) is 20.1. The third kappa shape index (κ3) is 4.39. The molecule has 6 heteroatoms. The van der Waals surface area contributed by atoms with Crippen molar-refractivity contribution < 1.29 is 14.3 Å². The lowest BCUT2D eigenvalue weighted by Crippen LogP contribution is -2.33. The van der Waals surface area contributed by atoms with Gasteiger partial charge in [0, 0.05) is 30.0 Å². The van der Waals surface area contributed by atoms with Gasteiger partial charge in [-0.3, -0.25) is 4.90 Å². The number of halogens is 1. The van der Waals surface area contributed by atoms with Crippen molar-refractivity contribution in [1.82, 2.24) is 4.90 Å². The minimum absolute atomic E-state index is 0.285. The van der Waals surface area contributed by atoms with Gasteiger partial charge in [0.25, 0.3) is 0 Å². The first-order valence-corrected chi connectivity index (χ1v) is 9.80. The number of ether oxygens (including phenoxy) is 1. The van der Waals surface area contributed by atoms with Crippen LogP contribution in [-0.4, -0.2) is 42.6 Å². The maximum absolute atomic E-state index is 14.4. The van der Waals surface area contributed by atoms with Gasteiger partial charge in [0.15, 0.2) is 0 Å². The molecule has 1 saturated heterocycles. The zero-order valence-electron chi connectivity index (χ0n) is 16.0. The lowest BCUT2D eigenvalue weighted by Gasteiger charge is -2.29. The molecule has 28 heavy (non-hydrogen) atoms. The van der Waals surface area contributed by atoms with Gasteiger partial charge in [-0.15, -0.1) is 6.42 Å². The van der Waals surface area contributed by atoms with E-state index in [1.807, 2.05) is 30.3 Å². The Morgan fingerprint density at radius 1 is 1.32 bits per heavy atom. The van der Waals surface area contributed by atoms with Gasteiger partial charge >= 0.3 is 0 Å². The molecule has 3 rings (SSSR count). The van der Waals surface area contributed by atoms with Gasteiger partial charge in [-0.05, 0) is 54.8 Å². The minimum Gasteiger partial charge on any atom is -0.411 e. The van der Waals surface area contributed by atoms with E-state index in [0.717, 1.165) is 33.9 Å². The van der Waals surface area contributed by atoms with Crippen molar-refractivity contribution >= 4 is 17.5 Å². The summed E-state index contributed by atoms with van der Waals surface area (Å²) in [4.78, 5) is 3.92. The molecule has 1 N–H and O–H groups in total. The number of methoxy groups -OCH3 is 1. The van der Waals surface area contributed by atoms with Gasteiger partial charge in [0.2, 0.25) is 0 Å². The van der Waals surface area contributed by atoms with E-state index < -0.39 is 5.60 Å². The van der Waals surface area contributed by atoms with Crippen molar-refractivity contribution in [2.75, 3.05) is 26.7 Å². The molecule has 1 heterocycles. The second kappa shape index (κ2) is 8.78. The number of oxime groups is 1. The molecule has 1 unspecified atom stereocenters. The number of benzene rings is 2. The van der Waals surface area contributed by atoms with Crippen LogP contribution in [0.25, 0.3) is 0 Å². The van der Waals surface area contributed by atoms with Gasteiger partial charge in [0.05, 0.1) is 12.3 Å². The average molecular weight is 399 g/mol. The fourth-order valence-corrected chi connectivity index (χ4v) is 4.39. The van der Waals surface area contributed by atoms with E-state index >= 15 is 0 Å². The summed E-state index contributed by atoms with van der Waals surface area (Å²) in [6, 6.07) is 12.7. The Morgan fingerprint density at radius 3 is 2.71 bits per heavy atom. The van der Waals surface area contributed by atoms with Gasteiger partial charge < -0.3 is 9.94 Å². The molecule has 2 aromatic carbocycles. The van der Waals surface area contributed by atoms with Crippen LogP contribution in [-0.2, 0) is 10.3 Å². The Morgan fingerprint density at radius 2 is 2.07 bits per heavy atom. The highest BCUT2D eigenvalue weighted by molar-refractivity contribution is 7.99. The summed E-state index contributed by atoms with van der Waals surface area (Å²) in [7, 11) is 1.67. The second-order valence-electron chi connectivity index (χ2n) is 6.85. The predicted octanol–water partition coefficient (Wildman–Crippen LogP) is 4.36. The van der Waals surface area contributed by atoms with Crippen LogP contribution in [0.3, 0.4) is 0 Å². The molecule has 0 spiro atoms. The third-order valence-electron chi connectivity index (χ3n) is 5.07. The maximum atomic E-state index is 14.4. The summed E-state index contributed by atoms with van der Waals surface area (Å²) in [5.74, 6) is 2.38. The maximum Gasteiger partial charge on any atom is 0.124 e. The molecule has 0 amide bonds. The molecule has 1 aliphatic heterocycles. The van der Waals surface area contributed by atoms with Crippen molar-refractivity contribution in [3.05, 3.63) is 59.4 Å². The molecule has 146 valence electrons. The number of terminal acetylenes is 1. The first-order chi connectivity index (χ1) is 13.5. The van der Waals surface area contributed by atoms with Crippen LogP contribution < -0.4 is 0 Å². The average Bonchev–Trinajstić information content (AvgIpc) is 3.12. The van der Waals surface area contributed by atoms with Gasteiger partial charge in [-0.1, -0.05) is 35.0 Å². The van der Waals surface area contributed by atoms with Crippen molar-refractivity contribution in [2.24, 2.45) is 5.16 Å². The Labute approximate surface area is 169 Å². The van der Waals surface area contributed by atoms with E-state index in [2.05, 4.69) is 16.0 Å². The fourth-order valence-electron chi connectivity index (χ4n) is 3.48. The SMILES string of the molecule is C#CCN1CCC(OC)(c2cc(F)cc(Sc3ccc(C(C)=NO)cc3)c2)C1. The van der Waals surface area contributed by atoms with Crippen molar-refractivity contribution in [3.8, 4) is 12.3 Å². The van der Waals surface area contributed by atoms with Crippen molar-refractivity contribution in [1.29, 1.82) is 0 Å². The van der Waals surface area contributed by atoms with Gasteiger partial charge in [0.1, 0.15) is 11.4 Å². The minimum atomic E-state index is -0.549. The molecule has 1 atom stereocenters. The van der Waals surface area contributed by atoms with Crippen LogP contribution >= 0.6 is 11.8 Å². The molecular weight excluding hydrogens is 375 g/mol. The monoisotopic (exact) mass is 398 g/mol. The van der Waals surface area contributed by atoms with Crippen LogP contribution in [0, 0.1) is 18.2 Å². The summed E-state index contributed by atoms with van der Waals surface area (Å²) in [5.41, 5.74) is 1.67. The number of hydrogen-bond acceptors (Lipinski definition) is 5. The summed E-state index contributed by atoms with van der Waals surface area (Å²) < 4.78 is 20.2. The smallest absolute Gasteiger partial charge is 0.124 e. The van der Waals surface area contributed by atoms with E-state index in [9.17, 15) is 4.39 Å². The molecule has 0 radical (unpaired) electrons. The Kier molecular flexibility index (Phi) is 6.40. The molecule has 0 saturated carbocycles. The Bertz CT molecular complexity index is 908. The van der Waals surface area contributed by atoms with E-state index in [0.29, 0.717) is 18.8 Å². The molecule has 4 nitrogen and oxygen atoms in total. The van der Waals surface area contributed by atoms with Crippen LogP contribution in [0.1, 0.15) is 24.5 Å². The van der Waals surface area contributed by atoms with E-state index in [-0.39, 0.29) is 5.82 Å².